The minimum atomic E-state index is -0.708. The molecular weight excluding hydrogens is 1300 g/mol. The average molecular weight is 1360 g/mol. The summed E-state index contributed by atoms with van der Waals surface area (Å²) in [6, 6.07) is 126. The molecule has 1 unspecified atom stereocenters. The number of para-hydroxylation sites is 1. The molecule has 4 aliphatic rings. The first-order chi connectivity index (χ1) is 51.3. The number of aromatic nitrogens is 2. The highest BCUT2D eigenvalue weighted by molar-refractivity contribution is 7.27. The Morgan fingerprint density at radius 3 is 1.43 bits per heavy atom. The first kappa shape index (κ1) is 59.3. The maximum absolute atomic E-state index is 7.40. The lowest BCUT2D eigenvalue weighted by atomic mass is 9.55. The van der Waals surface area contributed by atoms with Crippen LogP contribution in [0.2, 0.25) is 0 Å². The van der Waals surface area contributed by atoms with E-state index in [2.05, 4.69) is 354 Å². The van der Waals surface area contributed by atoms with Gasteiger partial charge < -0.3 is 4.74 Å². The third kappa shape index (κ3) is 8.28. The van der Waals surface area contributed by atoms with Crippen molar-refractivity contribution in [3.05, 3.63) is 395 Å². The Morgan fingerprint density at radius 1 is 0.260 bits per heavy atom. The highest BCUT2D eigenvalue weighted by Crippen LogP contribution is 2.67. The molecule has 4 aromatic heterocycles. The van der Waals surface area contributed by atoms with Crippen molar-refractivity contribution in [1.82, 2.24) is 9.97 Å². The van der Waals surface area contributed by atoms with Gasteiger partial charge in [-0.15, -0.1) is 22.7 Å². The summed E-state index contributed by atoms with van der Waals surface area (Å²) in [4.78, 5) is 11.2. The molecule has 1 atom stereocenters. The van der Waals surface area contributed by atoms with Crippen molar-refractivity contribution in [2.45, 2.75) is 30.1 Å². The maximum Gasteiger partial charge on any atom is 0.150 e. The first-order valence-electron chi connectivity index (χ1n) is 35.9. The van der Waals surface area contributed by atoms with Crippen LogP contribution in [0.1, 0.15) is 69.5 Å². The van der Waals surface area contributed by atoms with E-state index in [9.17, 15) is 0 Å². The second-order valence-electron chi connectivity index (χ2n) is 28.8. The maximum atomic E-state index is 7.40. The second kappa shape index (κ2) is 22.3. The highest BCUT2D eigenvalue weighted by Gasteiger charge is 2.55. The average Bonchev–Trinajstić information content (AvgIpc) is 1.45. The molecule has 18 aromatic rings. The van der Waals surface area contributed by atoms with E-state index in [1.54, 1.807) is 0 Å². The van der Waals surface area contributed by atoms with Crippen LogP contribution in [0.15, 0.2) is 340 Å². The van der Waals surface area contributed by atoms with Gasteiger partial charge in [0.2, 0.25) is 0 Å². The van der Waals surface area contributed by atoms with Crippen LogP contribution in [0.3, 0.4) is 0 Å². The number of rotatable bonds is 7. The Bertz CT molecular complexity index is 6580. The van der Waals surface area contributed by atoms with Gasteiger partial charge in [-0.2, -0.15) is 0 Å². The Labute approximate surface area is 611 Å². The Balaban J connectivity index is 0.684. The Hall–Kier alpha value is -12.4. The van der Waals surface area contributed by atoms with Crippen LogP contribution in [0.4, 0.5) is 0 Å². The van der Waals surface area contributed by atoms with Crippen LogP contribution in [0.25, 0.3) is 141 Å². The number of hydrogen-bond donors (Lipinski definition) is 0. The van der Waals surface area contributed by atoms with Gasteiger partial charge >= 0.3 is 0 Å². The molecular formula is C99H62N2OS2. The van der Waals surface area contributed by atoms with E-state index in [0.29, 0.717) is 0 Å². The molecule has 5 heteroatoms. The van der Waals surface area contributed by atoms with E-state index in [0.717, 1.165) is 100 Å². The number of thiophene rings is 2. The van der Waals surface area contributed by atoms with Gasteiger partial charge in [0.1, 0.15) is 11.5 Å². The predicted molar refractivity (Wildman–Crippen MR) is 433 cm³/mol. The summed E-state index contributed by atoms with van der Waals surface area (Å²) in [6.07, 6.45) is 0. The topological polar surface area (TPSA) is 35.0 Å². The number of nitrogens with zero attached hydrogens (tertiary/aromatic N) is 2. The molecule has 486 valence electrons. The van der Waals surface area contributed by atoms with E-state index in [4.69, 9.17) is 14.7 Å². The molecule has 0 amide bonds. The molecule has 2 spiro atoms. The smallest absolute Gasteiger partial charge is 0.150 e. The van der Waals surface area contributed by atoms with Crippen LogP contribution in [-0.4, -0.2) is 9.97 Å². The van der Waals surface area contributed by atoms with Gasteiger partial charge in [-0.1, -0.05) is 305 Å². The number of ether oxygens (including phenoxy) is 1. The molecule has 5 heterocycles. The predicted octanol–water partition coefficient (Wildman–Crippen LogP) is 26.4. The summed E-state index contributed by atoms with van der Waals surface area (Å²) >= 11 is 3.75. The number of hydrogen-bond acceptors (Lipinski definition) is 5. The molecule has 3 nitrogen and oxygen atoms in total. The van der Waals surface area contributed by atoms with Gasteiger partial charge in [0.15, 0.2) is 0 Å². The van der Waals surface area contributed by atoms with E-state index in [1.165, 1.54) is 108 Å². The van der Waals surface area contributed by atoms with Crippen molar-refractivity contribution in [3.63, 3.8) is 0 Å². The van der Waals surface area contributed by atoms with Crippen LogP contribution >= 0.6 is 22.7 Å². The highest BCUT2D eigenvalue weighted by atomic mass is 32.1. The van der Waals surface area contributed by atoms with Crippen molar-refractivity contribution in [3.8, 4) is 112 Å². The van der Waals surface area contributed by atoms with Crippen molar-refractivity contribution < 1.29 is 4.74 Å². The van der Waals surface area contributed by atoms with Crippen molar-refractivity contribution in [2.24, 2.45) is 0 Å². The minimum Gasteiger partial charge on any atom is -0.455 e. The van der Waals surface area contributed by atoms with E-state index in [1.807, 2.05) is 22.7 Å². The quantitative estimate of drug-likeness (QED) is 0.160. The molecule has 3 aliphatic carbocycles. The fraction of sp³-hybridized carbons (Fsp3) is 0.0505. The van der Waals surface area contributed by atoms with E-state index in [-0.39, 0.29) is 5.41 Å². The van der Waals surface area contributed by atoms with Gasteiger partial charge in [0, 0.05) is 74.4 Å². The normalized spacial score (nSPS) is 15.1. The lowest BCUT2D eigenvalue weighted by Crippen LogP contribution is -2.40. The standard InChI is InChI=1S/C99H62N2OS2/c1-97(2)79-42-18-19-43-80(79)98(76-39-15-12-33-68(76)69-34-13-16-40-77(69)98)83-50-48-72-75-54-64(47-52-90(75)103-95(72)92(83)97)87-57-65(59-25-6-3-7-26-59)56-86(100-87)63-32-22-31-62(53-63)67-36-24-45-82-91(67)73-35-14-17-41-78(73)99(82)81-44-20-21-46-89(81)102-93-84(99)51-49-71-70-37-23-38-74(94(70)104-96(71)93)88-58-66(60-27-8-4-9-28-60)55-85(101-88)61-29-10-5-11-30-61/h3-58H,1-2H3. The fourth-order valence-corrected chi connectivity index (χ4v) is 21.5. The zero-order valence-corrected chi connectivity index (χ0v) is 58.6. The zero-order valence-electron chi connectivity index (χ0n) is 57.0. The molecule has 0 bridgehead atoms. The van der Waals surface area contributed by atoms with E-state index < -0.39 is 10.8 Å². The molecule has 0 saturated heterocycles. The molecule has 14 aromatic carbocycles. The van der Waals surface area contributed by atoms with Crippen molar-refractivity contribution in [2.75, 3.05) is 0 Å². The number of benzene rings is 14. The molecule has 22 rings (SSSR count). The Kier molecular flexibility index (Phi) is 12.7. The summed E-state index contributed by atoms with van der Waals surface area (Å²) in [7, 11) is 0. The summed E-state index contributed by atoms with van der Waals surface area (Å²) < 4.78 is 12.3. The molecule has 0 radical (unpaired) electrons. The van der Waals surface area contributed by atoms with Crippen LogP contribution < -0.4 is 4.74 Å². The minimum absolute atomic E-state index is 0.279. The monoisotopic (exact) mass is 1360 g/mol. The molecule has 0 N–H and O–H groups in total. The third-order valence-electron chi connectivity index (χ3n) is 23.2. The summed E-state index contributed by atoms with van der Waals surface area (Å²) in [5, 5.41) is 4.88. The summed E-state index contributed by atoms with van der Waals surface area (Å²) in [5.41, 5.74) is 31.5. The van der Waals surface area contributed by atoms with Gasteiger partial charge in [-0.25, -0.2) is 9.97 Å². The van der Waals surface area contributed by atoms with Gasteiger partial charge in [-0.3, -0.25) is 0 Å². The molecule has 1 aliphatic heterocycles. The van der Waals surface area contributed by atoms with Crippen LogP contribution in [0.5, 0.6) is 11.5 Å². The summed E-state index contributed by atoms with van der Waals surface area (Å²) in [5.74, 6) is 1.76. The van der Waals surface area contributed by atoms with Crippen LogP contribution in [0, 0.1) is 0 Å². The Morgan fingerprint density at radius 2 is 0.731 bits per heavy atom. The lowest BCUT2D eigenvalue weighted by Gasteiger charge is -2.46. The largest absolute Gasteiger partial charge is 0.455 e. The zero-order chi connectivity index (χ0) is 68.6. The van der Waals surface area contributed by atoms with Gasteiger partial charge in [0.05, 0.1) is 38.3 Å². The van der Waals surface area contributed by atoms with Crippen molar-refractivity contribution >= 4 is 63.0 Å². The number of pyridine rings is 2. The first-order valence-corrected chi connectivity index (χ1v) is 37.5. The molecule has 104 heavy (non-hydrogen) atoms. The van der Waals surface area contributed by atoms with Gasteiger partial charge in [-0.05, 0) is 149 Å². The second-order valence-corrected chi connectivity index (χ2v) is 30.9. The fourth-order valence-electron chi connectivity index (χ4n) is 18.8. The van der Waals surface area contributed by atoms with Gasteiger partial charge in [0.25, 0.3) is 0 Å². The van der Waals surface area contributed by atoms with Crippen molar-refractivity contribution in [1.29, 1.82) is 0 Å². The third-order valence-corrected chi connectivity index (χ3v) is 25.7. The summed E-state index contributed by atoms with van der Waals surface area (Å²) in [6.45, 7) is 4.90. The SMILES string of the molecule is CC1(C)c2ccccc2C2(c3ccccc3-c3ccccc32)c2ccc3c(sc4ccc(-c5cc(-c6ccccc6)cc(-c6cccc(-c7cccc8c7-c7ccccc7C87c8ccccc8Oc8c7ccc7c8sc8c(-c9cc(-c%10ccccc%10)cc(-c%10ccccc%10)n9)cccc87)c6)n5)cc43)c21. The van der Waals surface area contributed by atoms with Crippen LogP contribution in [-0.2, 0) is 16.2 Å². The number of fused-ring (bicyclic) bond motifs is 26. The molecule has 0 fully saturated rings. The van der Waals surface area contributed by atoms with E-state index >= 15 is 0 Å². The molecule has 0 saturated carbocycles. The lowest BCUT2D eigenvalue weighted by molar-refractivity contribution is 0.442.